The van der Waals surface area contributed by atoms with Gasteiger partial charge >= 0.3 is 0 Å². The van der Waals surface area contributed by atoms with Crippen LogP contribution in [0, 0.1) is 6.92 Å². The normalized spacial score (nSPS) is 15.3. The zero-order valence-corrected chi connectivity index (χ0v) is 15.9. The van der Waals surface area contributed by atoms with Crippen molar-refractivity contribution in [3.8, 4) is 17.2 Å². The molecular weight excluding hydrogens is 346 g/mol. The molecule has 2 aromatic rings. The van der Waals surface area contributed by atoms with Crippen molar-refractivity contribution in [3.63, 3.8) is 0 Å². The van der Waals surface area contributed by atoms with Crippen LogP contribution < -0.4 is 19.5 Å². The van der Waals surface area contributed by atoms with Gasteiger partial charge in [-0.1, -0.05) is 13.0 Å². The van der Waals surface area contributed by atoms with E-state index in [1.165, 1.54) is 0 Å². The Labute approximate surface area is 158 Å². The lowest BCUT2D eigenvalue weighted by Crippen LogP contribution is -2.21. The highest BCUT2D eigenvalue weighted by atomic mass is 16.5. The molecule has 2 aromatic carbocycles. The topological polar surface area (TPSA) is 73.9 Å². The quantitative estimate of drug-likeness (QED) is 0.840. The summed E-state index contributed by atoms with van der Waals surface area (Å²) in [5.74, 6) is 1.51. The molecule has 6 heteroatoms. The molecule has 1 aliphatic rings. The highest BCUT2D eigenvalue weighted by molar-refractivity contribution is 6.04. The summed E-state index contributed by atoms with van der Waals surface area (Å²) in [7, 11) is 3.08. The van der Waals surface area contributed by atoms with Crippen LogP contribution in [-0.2, 0) is 4.79 Å². The summed E-state index contributed by atoms with van der Waals surface area (Å²) in [6, 6.07) is 8.78. The molecule has 3 rings (SSSR count). The van der Waals surface area contributed by atoms with Crippen molar-refractivity contribution >= 4 is 17.4 Å². The van der Waals surface area contributed by atoms with Gasteiger partial charge in [0.25, 0.3) is 5.91 Å². The molecule has 27 heavy (non-hydrogen) atoms. The van der Waals surface area contributed by atoms with Crippen LogP contribution in [0.15, 0.2) is 30.3 Å². The fourth-order valence-corrected chi connectivity index (χ4v) is 3.45. The van der Waals surface area contributed by atoms with Crippen LogP contribution in [0.5, 0.6) is 17.2 Å². The third kappa shape index (κ3) is 3.89. The number of rotatable bonds is 6. The van der Waals surface area contributed by atoms with Crippen molar-refractivity contribution in [2.45, 2.75) is 26.2 Å². The Morgan fingerprint density at radius 3 is 2.44 bits per heavy atom. The number of carbonyl (C=O) groups excluding carboxylic acids is 2. The lowest BCUT2D eigenvalue weighted by Gasteiger charge is -2.14. The van der Waals surface area contributed by atoms with Crippen LogP contribution >= 0.6 is 0 Å². The number of benzene rings is 2. The van der Waals surface area contributed by atoms with Crippen LogP contribution in [-0.4, -0.2) is 32.5 Å². The number of hydrogen-bond acceptors (Lipinski definition) is 5. The largest absolute Gasteiger partial charge is 0.497 e. The molecule has 1 aliphatic carbocycles. The maximum Gasteiger partial charge on any atom is 0.262 e. The summed E-state index contributed by atoms with van der Waals surface area (Å²) < 4.78 is 16.1. The van der Waals surface area contributed by atoms with Gasteiger partial charge in [-0.3, -0.25) is 9.59 Å². The van der Waals surface area contributed by atoms with E-state index in [1.807, 2.05) is 19.9 Å². The van der Waals surface area contributed by atoms with E-state index in [4.69, 9.17) is 14.2 Å². The lowest BCUT2D eigenvalue weighted by atomic mass is 9.97. The second kappa shape index (κ2) is 7.70. The summed E-state index contributed by atoms with van der Waals surface area (Å²) in [5, 5.41) is 2.75. The maximum absolute atomic E-state index is 12.3. The number of amides is 1. The van der Waals surface area contributed by atoms with Crippen LogP contribution in [0.25, 0.3) is 0 Å². The number of methoxy groups -OCH3 is 2. The summed E-state index contributed by atoms with van der Waals surface area (Å²) in [6.45, 7) is 3.82. The molecule has 0 bridgehead atoms. The van der Waals surface area contributed by atoms with Crippen molar-refractivity contribution in [1.82, 2.24) is 0 Å². The highest BCUT2D eigenvalue weighted by Crippen LogP contribution is 2.40. The Bertz CT molecular complexity index is 868. The fourth-order valence-electron chi connectivity index (χ4n) is 3.45. The molecular formula is C21H23NO5. The minimum Gasteiger partial charge on any atom is -0.497 e. The van der Waals surface area contributed by atoms with Crippen LogP contribution in [0.4, 0.5) is 5.69 Å². The number of carbonyl (C=O) groups is 2. The van der Waals surface area contributed by atoms with Crippen molar-refractivity contribution in [3.05, 3.63) is 47.0 Å². The monoisotopic (exact) mass is 369 g/mol. The standard InChI is InChI=1S/C21H23NO5/c1-12-5-6-18(21-17(23)7-13(2)20(12)21)27-11-19(24)22-14-8-15(25-3)10-16(9-14)26-4/h5-6,8-10,13H,7,11H2,1-4H3,(H,22,24). The Balaban J connectivity index is 1.72. The molecule has 1 N–H and O–H groups in total. The number of ketones is 1. The molecule has 0 heterocycles. The van der Waals surface area contributed by atoms with E-state index in [-0.39, 0.29) is 24.2 Å². The van der Waals surface area contributed by atoms with Crippen LogP contribution in [0.3, 0.4) is 0 Å². The van der Waals surface area contributed by atoms with Gasteiger partial charge in [0.2, 0.25) is 0 Å². The second-order valence-electron chi connectivity index (χ2n) is 6.64. The summed E-state index contributed by atoms with van der Waals surface area (Å²) in [6.07, 6.45) is 0.479. The molecule has 6 nitrogen and oxygen atoms in total. The Kier molecular flexibility index (Phi) is 5.35. The average molecular weight is 369 g/mol. The zero-order chi connectivity index (χ0) is 19.6. The third-order valence-electron chi connectivity index (χ3n) is 4.68. The Hall–Kier alpha value is -3.02. The predicted octanol–water partition coefficient (Wildman–Crippen LogP) is 3.72. The molecule has 142 valence electrons. The van der Waals surface area contributed by atoms with Gasteiger partial charge < -0.3 is 19.5 Å². The first-order valence-electron chi connectivity index (χ1n) is 8.75. The Morgan fingerprint density at radius 2 is 1.81 bits per heavy atom. The van der Waals surface area contributed by atoms with Crippen molar-refractivity contribution in [1.29, 1.82) is 0 Å². The van der Waals surface area contributed by atoms with Gasteiger partial charge in [-0.25, -0.2) is 0 Å². The van der Waals surface area contributed by atoms with E-state index in [2.05, 4.69) is 5.32 Å². The molecule has 0 saturated carbocycles. The summed E-state index contributed by atoms with van der Waals surface area (Å²) >= 11 is 0. The van der Waals surface area contributed by atoms with E-state index in [0.29, 0.717) is 34.9 Å². The van der Waals surface area contributed by atoms with Gasteiger partial charge in [0.15, 0.2) is 12.4 Å². The highest BCUT2D eigenvalue weighted by Gasteiger charge is 2.31. The minimum absolute atomic E-state index is 0.0640. The van der Waals surface area contributed by atoms with E-state index in [1.54, 1.807) is 38.5 Å². The molecule has 0 fully saturated rings. The van der Waals surface area contributed by atoms with E-state index >= 15 is 0 Å². The molecule has 0 spiro atoms. The molecule has 0 aliphatic heterocycles. The second-order valence-corrected chi connectivity index (χ2v) is 6.64. The van der Waals surface area contributed by atoms with Crippen LogP contribution in [0.2, 0.25) is 0 Å². The van der Waals surface area contributed by atoms with Gasteiger partial charge in [0.1, 0.15) is 17.2 Å². The van der Waals surface area contributed by atoms with Gasteiger partial charge in [-0.15, -0.1) is 0 Å². The maximum atomic E-state index is 12.3. The summed E-state index contributed by atoms with van der Waals surface area (Å²) in [4.78, 5) is 24.6. The molecule has 1 amide bonds. The number of Topliss-reactive ketones (excluding diaryl/α,β-unsaturated/α-hetero) is 1. The van der Waals surface area contributed by atoms with E-state index < -0.39 is 0 Å². The number of aryl methyl sites for hydroxylation is 1. The first-order valence-corrected chi connectivity index (χ1v) is 8.75. The van der Waals surface area contributed by atoms with Crippen LogP contribution in [0.1, 0.15) is 40.7 Å². The number of hydrogen-bond donors (Lipinski definition) is 1. The third-order valence-corrected chi connectivity index (χ3v) is 4.68. The molecule has 1 unspecified atom stereocenters. The smallest absolute Gasteiger partial charge is 0.262 e. The Morgan fingerprint density at radius 1 is 1.15 bits per heavy atom. The SMILES string of the molecule is COc1cc(NC(=O)COc2ccc(C)c3c2C(=O)CC3C)cc(OC)c1. The fraction of sp³-hybridized carbons (Fsp3) is 0.333. The van der Waals surface area contributed by atoms with Gasteiger partial charge in [0.05, 0.1) is 19.8 Å². The lowest BCUT2D eigenvalue weighted by molar-refractivity contribution is -0.118. The number of fused-ring (bicyclic) bond motifs is 1. The average Bonchev–Trinajstić information content (AvgIpc) is 2.96. The first kappa shape index (κ1) is 18.8. The van der Waals surface area contributed by atoms with Gasteiger partial charge in [-0.2, -0.15) is 0 Å². The minimum atomic E-state index is -0.335. The number of ether oxygens (including phenoxy) is 3. The predicted molar refractivity (Wildman–Crippen MR) is 102 cm³/mol. The molecule has 0 radical (unpaired) electrons. The molecule has 0 saturated heterocycles. The van der Waals surface area contributed by atoms with E-state index in [9.17, 15) is 9.59 Å². The van der Waals surface area contributed by atoms with Gasteiger partial charge in [-0.05, 0) is 30.0 Å². The van der Waals surface area contributed by atoms with Gasteiger partial charge in [0, 0.05) is 30.3 Å². The summed E-state index contributed by atoms with van der Waals surface area (Å²) in [5.41, 5.74) is 3.25. The molecule has 1 atom stereocenters. The zero-order valence-electron chi connectivity index (χ0n) is 15.9. The van der Waals surface area contributed by atoms with Crippen molar-refractivity contribution in [2.24, 2.45) is 0 Å². The van der Waals surface area contributed by atoms with E-state index in [0.717, 1.165) is 11.1 Å². The van der Waals surface area contributed by atoms with Crippen molar-refractivity contribution in [2.75, 3.05) is 26.1 Å². The number of nitrogens with one attached hydrogen (secondary N) is 1. The number of anilines is 1. The first-order chi connectivity index (χ1) is 12.9. The molecule has 0 aromatic heterocycles. The van der Waals surface area contributed by atoms with Crippen molar-refractivity contribution < 1.29 is 23.8 Å².